The summed E-state index contributed by atoms with van der Waals surface area (Å²) in [6.07, 6.45) is 6.06. The number of carbonyl (C=O) groups is 1. The fourth-order valence-corrected chi connectivity index (χ4v) is 5.90. The molecule has 40 heavy (non-hydrogen) atoms. The molecule has 0 bridgehead atoms. The zero-order valence-electron chi connectivity index (χ0n) is 22.0. The monoisotopic (exact) mass is 562 g/mol. The maximum atomic E-state index is 14.1. The first kappa shape index (κ1) is 26.7. The Morgan fingerprint density at radius 3 is 2.62 bits per heavy atom. The Balaban J connectivity index is 1.11. The summed E-state index contributed by atoms with van der Waals surface area (Å²) in [4.78, 5) is 21.1. The van der Waals surface area contributed by atoms with E-state index in [1.165, 1.54) is 6.07 Å². The van der Waals surface area contributed by atoms with Crippen molar-refractivity contribution in [3.63, 3.8) is 0 Å². The maximum absolute atomic E-state index is 14.1. The summed E-state index contributed by atoms with van der Waals surface area (Å²) in [5.74, 6) is 0.691. The zero-order valence-corrected chi connectivity index (χ0v) is 22.8. The standard InChI is InChI=1S/C31H31ClFN3O4/c32-23-10-8-22(25(33)16-23)18-40-30-3-1-2-26(35-30)20-6-4-19(5-7-20)14-29-34-27-11-9-21(31(37)38)15-28(27)36(29)17-24-12-13-39-24/h1-3,8-11,15-16,19-20,24H,4-7,12-14,17-18H2,(H,37,38)/p-1/t19?,20?,24-/m0/s1. The molecule has 9 heteroatoms. The molecule has 1 aliphatic heterocycles. The van der Waals surface area contributed by atoms with Crippen LogP contribution in [0.3, 0.4) is 0 Å². The summed E-state index contributed by atoms with van der Waals surface area (Å²) in [5.41, 5.74) is 3.21. The molecule has 0 N–H and O–H groups in total. The molecule has 1 aliphatic carbocycles. The van der Waals surface area contributed by atoms with Crippen molar-refractivity contribution in [2.75, 3.05) is 6.61 Å². The zero-order chi connectivity index (χ0) is 27.6. The van der Waals surface area contributed by atoms with Crippen molar-refractivity contribution >= 4 is 28.6 Å². The summed E-state index contributed by atoms with van der Waals surface area (Å²) in [6.45, 7) is 1.52. The van der Waals surface area contributed by atoms with Crippen molar-refractivity contribution in [3.05, 3.63) is 88.1 Å². The quantitative estimate of drug-likeness (QED) is 0.269. The van der Waals surface area contributed by atoms with Gasteiger partial charge in [0.05, 0.1) is 29.7 Å². The summed E-state index contributed by atoms with van der Waals surface area (Å²) in [6, 6.07) is 15.3. The lowest BCUT2D eigenvalue weighted by Gasteiger charge is -2.30. The van der Waals surface area contributed by atoms with Crippen LogP contribution in [0.25, 0.3) is 11.0 Å². The third-order valence-electron chi connectivity index (χ3n) is 8.11. The Morgan fingerprint density at radius 1 is 1.07 bits per heavy atom. The Hall–Kier alpha value is -3.49. The molecule has 2 aromatic carbocycles. The van der Waals surface area contributed by atoms with Gasteiger partial charge in [-0.15, -0.1) is 0 Å². The molecule has 1 atom stereocenters. The van der Waals surface area contributed by atoms with Gasteiger partial charge in [-0.1, -0.05) is 29.8 Å². The number of imidazole rings is 1. The smallest absolute Gasteiger partial charge is 0.213 e. The predicted molar refractivity (Wildman–Crippen MR) is 147 cm³/mol. The first-order valence-corrected chi connectivity index (χ1v) is 14.2. The van der Waals surface area contributed by atoms with Crippen LogP contribution < -0.4 is 9.84 Å². The minimum atomic E-state index is -1.19. The van der Waals surface area contributed by atoms with E-state index in [1.54, 1.807) is 36.4 Å². The van der Waals surface area contributed by atoms with E-state index in [2.05, 4.69) is 4.57 Å². The van der Waals surface area contributed by atoms with Crippen LogP contribution in [0, 0.1) is 11.7 Å². The highest BCUT2D eigenvalue weighted by Gasteiger charge is 2.27. The number of carboxylic acid groups (broad SMARTS) is 1. The fraction of sp³-hybridized carbons (Fsp3) is 0.387. The maximum Gasteiger partial charge on any atom is 0.213 e. The fourth-order valence-electron chi connectivity index (χ4n) is 5.74. The van der Waals surface area contributed by atoms with Crippen LogP contribution in [-0.2, 0) is 24.3 Å². The van der Waals surface area contributed by atoms with Crippen molar-refractivity contribution in [1.82, 2.24) is 14.5 Å². The SMILES string of the molecule is O=C([O-])c1ccc2nc(CC3CCC(c4cccc(OCc5ccc(Cl)cc5F)n4)CC3)n(C[C@@H]3CCO3)c2c1. The molecule has 0 radical (unpaired) electrons. The van der Waals surface area contributed by atoms with Crippen molar-refractivity contribution < 1.29 is 23.8 Å². The largest absolute Gasteiger partial charge is 0.545 e. The Morgan fingerprint density at radius 2 is 1.90 bits per heavy atom. The van der Waals surface area contributed by atoms with Gasteiger partial charge in [-0.2, -0.15) is 0 Å². The van der Waals surface area contributed by atoms with Gasteiger partial charge in [0.25, 0.3) is 0 Å². The lowest BCUT2D eigenvalue weighted by molar-refractivity contribution is -0.255. The van der Waals surface area contributed by atoms with E-state index in [0.29, 0.717) is 34.8 Å². The average Bonchev–Trinajstić information content (AvgIpc) is 3.26. The van der Waals surface area contributed by atoms with Gasteiger partial charge >= 0.3 is 0 Å². The molecule has 4 aromatic rings. The minimum absolute atomic E-state index is 0.0869. The molecule has 2 fully saturated rings. The highest BCUT2D eigenvalue weighted by molar-refractivity contribution is 6.30. The number of carbonyl (C=O) groups excluding carboxylic acids is 1. The summed E-state index contributed by atoms with van der Waals surface area (Å²) in [7, 11) is 0. The van der Waals surface area contributed by atoms with Crippen LogP contribution in [0.2, 0.25) is 5.02 Å². The van der Waals surface area contributed by atoms with Crippen LogP contribution in [0.4, 0.5) is 4.39 Å². The number of benzene rings is 2. The van der Waals surface area contributed by atoms with Crippen LogP contribution in [0.15, 0.2) is 54.6 Å². The number of pyridine rings is 1. The lowest BCUT2D eigenvalue weighted by Crippen LogP contribution is -2.32. The van der Waals surface area contributed by atoms with Gasteiger partial charge < -0.3 is 23.9 Å². The third-order valence-corrected chi connectivity index (χ3v) is 8.35. The van der Waals surface area contributed by atoms with E-state index in [0.717, 1.165) is 67.7 Å². The Kier molecular flexibility index (Phi) is 7.71. The number of nitrogens with zero attached hydrogens (tertiary/aromatic N) is 3. The molecule has 2 aromatic heterocycles. The molecule has 6 rings (SSSR count). The Bertz CT molecular complexity index is 1530. The molecule has 1 saturated heterocycles. The van der Waals surface area contributed by atoms with Gasteiger partial charge in [0, 0.05) is 41.3 Å². The first-order valence-electron chi connectivity index (χ1n) is 13.8. The number of carboxylic acids is 1. The van der Waals surface area contributed by atoms with E-state index in [1.807, 2.05) is 12.1 Å². The molecule has 1 saturated carbocycles. The number of aromatic carboxylic acids is 1. The second-order valence-electron chi connectivity index (χ2n) is 10.8. The molecule has 0 spiro atoms. The van der Waals surface area contributed by atoms with Crippen molar-refractivity contribution in [1.29, 1.82) is 0 Å². The molecule has 0 amide bonds. The molecular weight excluding hydrogens is 533 g/mol. The number of halogens is 2. The van der Waals surface area contributed by atoms with Gasteiger partial charge in [0.15, 0.2) is 0 Å². The summed E-state index contributed by atoms with van der Waals surface area (Å²) < 4.78 is 27.7. The normalized spacial score (nSPS) is 20.8. The molecule has 7 nitrogen and oxygen atoms in total. The molecule has 0 unspecified atom stereocenters. The van der Waals surface area contributed by atoms with Gasteiger partial charge in [-0.3, -0.25) is 0 Å². The van der Waals surface area contributed by atoms with Crippen molar-refractivity contribution in [3.8, 4) is 5.88 Å². The van der Waals surface area contributed by atoms with Crippen LogP contribution >= 0.6 is 11.6 Å². The van der Waals surface area contributed by atoms with Crippen molar-refractivity contribution in [2.24, 2.45) is 5.92 Å². The number of hydrogen-bond donors (Lipinski definition) is 0. The van der Waals surface area contributed by atoms with Crippen LogP contribution in [0.1, 0.15) is 65.5 Å². The van der Waals surface area contributed by atoms with E-state index < -0.39 is 11.8 Å². The van der Waals surface area contributed by atoms with Crippen molar-refractivity contribution in [2.45, 2.75) is 63.7 Å². The number of aromatic nitrogens is 3. The molecule has 3 heterocycles. The van der Waals surface area contributed by atoms with E-state index in [9.17, 15) is 14.3 Å². The number of ether oxygens (including phenoxy) is 2. The highest BCUT2D eigenvalue weighted by atomic mass is 35.5. The van der Waals surface area contributed by atoms with E-state index in [-0.39, 0.29) is 18.3 Å². The number of fused-ring (bicyclic) bond motifs is 1. The highest BCUT2D eigenvalue weighted by Crippen LogP contribution is 2.37. The second kappa shape index (κ2) is 11.6. The summed E-state index contributed by atoms with van der Waals surface area (Å²) in [5, 5.41) is 11.8. The third kappa shape index (κ3) is 5.83. The van der Waals surface area contributed by atoms with Crippen LogP contribution in [-0.4, -0.2) is 33.2 Å². The van der Waals surface area contributed by atoms with Gasteiger partial charge in [-0.25, -0.2) is 14.4 Å². The van der Waals surface area contributed by atoms with Gasteiger partial charge in [-0.05, 0) is 73.9 Å². The minimum Gasteiger partial charge on any atom is -0.545 e. The summed E-state index contributed by atoms with van der Waals surface area (Å²) >= 11 is 5.84. The predicted octanol–water partition coefficient (Wildman–Crippen LogP) is 5.47. The topological polar surface area (TPSA) is 89.3 Å². The lowest BCUT2D eigenvalue weighted by atomic mass is 9.79. The van der Waals surface area contributed by atoms with Gasteiger partial charge in [0.1, 0.15) is 18.2 Å². The Labute approximate surface area is 236 Å². The first-order chi connectivity index (χ1) is 19.4. The van der Waals surface area contributed by atoms with Crippen LogP contribution in [0.5, 0.6) is 5.88 Å². The number of rotatable bonds is 9. The number of hydrogen-bond acceptors (Lipinski definition) is 6. The molecule has 2 aliphatic rings. The van der Waals surface area contributed by atoms with E-state index >= 15 is 0 Å². The van der Waals surface area contributed by atoms with Gasteiger partial charge in [0.2, 0.25) is 5.88 Å². The molecular formula is C31H30ClFN3O4-. The second-order valence-corrected chi connectivity index (χ2v) is 11.2. The average molecular weight is 563 g/mol. The molecule has 208 valence electrons. The van der Waals surface area contributed by atoms with E-state index in [4.69, 9.17) is 31.0 Å².